The Hall–Kier alpha value is -4.23. The maximum Gasteiger partial charge on any atom is 0.274 e. The number of pyridine rings is 1. The predicted molar refractivity (Wildman–Crippen MR) is 140 cm³/mol. The summed E-state index contributed by atoms with van der Waals surface area (Å²) >= 11 is 5.40. The molecule has 2 aromatic heterocycles. The molecule has 0 atom stereocenters. The van der Waals surface area contributed by atoms with E-state index in [9.17, 15) is 4.79 Å². The Bertz CT molecular complexity index is 1440. The number of amides is 1. The van der Waals surface area contributed by atoms with Crippen LogP contribution in [0.5, 0.6) is 0 Å². The first-order chi connectivity index (χ1) is 16.7. The summed E-state index contributed by atoms with van der Waals surface area (Å²) in [5.74, 6) is 0.664. The van der Waals surface area contributed by atoms with Gasteiger partial charge in [-0.25, -0.2) is 0 Å². The van der Waals surface area contributed by atoms with Crippen molar-refractivity contribution in [3.05, 3.63) is 103 Å². The van der Waals surface area contributed by atoms with E-state index in [-0.39, 0.29) is 5.91 Å². The number of carbonyl (C=O) groups is 1. The third kappa shape index (κ3) is 4.89. The molecule has 1 amide bonds. The number of carbonyl (C=O) groups excluding carboxylic acids is 1. The third-order valence-electron chi connectivity index (χ3n) is 5.42. The first-order valence-corrected chi connectivity index (χ1v) is 11.3. The van der Waals surface area contributed by atoms with Crippen molar-refractivity contribution >= 4 is 56.4 Å². The van der Waals surface area contributed by atoms with Crippen LogP contribution in [0, 0.1) is 0 Å². The summed E-state index contributed by atoms with van der Waals surface area (Å²) in [5.41, 5.74) is 2.79. The van der Waals surface area contributed by atoms with E-state index in [1.165, 1.54) is 0 Å². The Balaban J connectivity index is 1.14. The summed E-state index contributed by atoms with van der Waals surface area (Å²) < 4.78 is 5.83. The van der Waals surface area contributed by atoms with Crippen LogP contribution < -0.4 is 16.0 Å². The molecule has 2 heterocycles. The fourth-order valence-electron chi connectivity index (χ4n) is 3.76. The maximum absolute atomic E-state index is 12.8. The molecule has 0 aliphatic carbocycles. The van der Waals surface area contributed by atoms with Crippen LogP contribution in [0.4, 0.5) is 11.4 Å². The zero-order chi connectivity index (χ0) is 23.3. The molecule has 0 fully saturated rings. The molecular weight excluding hydrogens is 444 g/mol. The molecule has 0 saturated carbocycles. The third-order valence-corrected chi connectivity index (χ3v) is 5.67. The van der Waals surface area contributed by atoms with Crippen LogP contribution in [0.25, 0.3) is 21.7 Å². The lowest BCUT2D eigenvalue weighted by Crippen LogP contribution is -2.30. The SMILES string of the molecule is O=C(Nc1ccc(NC(=S)NCCc2cc3ccccc3o2)cc1)c1nccc2ccccc12. The summed E-state index contributed by atoms with van der Waals surface area (Å²) in [4.78, 5) is 17.0. The molecule has 6 nitrogen and oxygen atoms in total. The lowest BCUT2D eigenvalue weighted by atomic mass is 10.1. The summed E-state index contributed by atoms with van der Waals surface area (Å²) in [6, 6.07) is 26.9. The van der Waals surface area contributed by atoms with Crippen LogP contribution in [-0.4, -0.2) is 22.5 Å². The largest absolute Gasteiger partial charge is 0.461 e. The Morgan fingerprint density at radius 1 is 0.853 bits per heavy atom. The smallest absolute Gasteiger partial charge is 0.274 e. The maximum atomic E-state index is 12.8. The van der Waals surface area contributed by atoms with E-state index < -0.39 is 0 Å². The van der Waals surface area contributed by atoms with E-state index in [4.69, 9.17) is 16.6 Å². The Morgan fingerprint density at radius 2 is 1.56 bits per heavy atom. The molecule has 3 N–H and O–H groups in total. The Labute approximate surface area is 202 Å². The molecule has 0 aliphatic heterocycles. The van der Waals surface area contributed by atoms with Gasteiger partial charge in [-0.3, -0.25) is 9.78 Å². The Kier molecular flexibility index (Phi) is 6.18. The number of nitrogens with one attached hydrogen (secondary N) is 3. The van der Waals surface area contributed by atoms with Crippen molar-refractivity contribution in [3.8, 4) is 0 Å². The lowest BCUT2D eigenvalue weighted by Gasteiger charge is -2.11. The van der Waals surface area contributed by atoms with Crippen molar-refractivity contribution in [2.24, 2.45) is 0 Å². The number of aromatic nitrogens is 1. The topological polar surface area (TPSA) is 79.2 Å². The van der Waals surface area contributed by atoms with Gasteiger partial charge in [0.2, 0.25) is 0 Å². The van der Waals surface area contributed by atoms with Crippen molar-refractivity contribution in [2.45, 2.75) is 6.42 Å². The molecule has 0 aliphatic rings. The molecule has 168 valence electrons. The van der Waals surface area contributed by atoms with Crippen molar-refractivity contribution in [3.63, 3.8) is 0 Å². The lowest BCUT2D eigenvalue weighted by molar-refractivity contribution is 0.102. The van der Waals surface area contributed by atoms with Crippen LogP contribution in [0.1, 0.15) is 16.2 Å². The van der Waals surface area contributed by atoms with Gasteiger partial charge in [-0.05, 0) is 60.1 Å². The standard InChI is InChI=1S/C27H22N4O2S/c32-26(25-23-7-3-1-5-18(23)13-15-28-25)30-20-9-11-21(12-10-20)31-27(34)29-16-14-22-17-19-6-2-4-8-24(19)33-22/h1-13,15,17H,14,16H2,(H,30,32)(H2,29,31,34). The van der Waals surface area contributed by atoms with Crippen LogP contribution in [-0.2, 0) is 6.42 Å². The van der Waals surface area contributed by atoms with Gasteiger partial charge in [0.25, 0.3) is 5.91 Å². The number of para-hydroxylation sites is 1. The minimum atomic E-state index is -0.250. The van der Waals surface area contributed by atoms with Gasteiger partial charge in [0, 0.05) is 41.3 Å². The molecule has 0 unspecified atom stereocenters. The van der Waals surface area contributed by atoms with Gasteiger partial charge >= 0.3 is 0 Å². The molecule has 5 rings (SSSR count). The first kappa shape index (κ1) is 21.6. The van der Waals surface area contributed by atoms with Crippen molar-refractivity contribution in [1.29, 1.82) is 0 Å². The number of hydrogen-bond donors (Lipinski definition) is 3. The molecule has 0 bridgehead atoms. The monoisotopic (exact) mass is 466 g/mol. The van der Waals surface area contributed by atoms with Gasteiger partial charge in [-0.2, -0.15) is 0 Å². The quantitative estimate of drug-likeness (QED) is 0.276. The molecule has 34 heavy (non-hydrogen) atoms. The first-order valence-electron chi connectivity index (χ1n) is 10.9. The van der Waals surface area contributed by atoms with Crippen LogP contribution in [0.3, 0.4) is 0 Å². The van der Waals surface area contributed by atoms with E-state index in [2.05, 4.69) is 20.9 Å². The molecule has 7 heteroatoms. The highest BCUT2D eigenvalue weighted by Gasteiger charge is 2.12. The van der Waals surface area contributed by atoms with E-state index in [0.717, 1.165) is 39.6 Å². The summed E-state index contributed by atoms with van der Waals surface area (Å²) in [7, 11) is 0. The number of benzene rings is 3. The van der Waals surface area contributed by atoms with Gasteiger partial charge in [0.05, 0.1) is 0 Å². The second kappa shape index (κ2) is 9.72. The number of nitrogens with zero attached hydrogens (tertiary/aromatic N) is 1. The summed E-state index contributed by atoms with van der Waals surface area (Å²) in [5, 5.41) is 12.7. The molecule has 3 aromatic carbocycles. The second-order valence-corrected chi connectivity index (χ2v) is 8.20. The van der Waals surface area contributed by atoms with Gasteiger partial charge in [0.1, 0.15) is 17.0 Å². The van der Waals surface area contributed by atoms with Crippen molar-refractivity contribution in [2.75, 3.05) is 17.2 Å². The number of furan rings is 1. The molecule has 0 saturated heterocycles. The van der Waals surface area contributed by atoms with Crippen molar-refractivity contribution in [1.82, 2.24) is 10.3 Å². The predicted octanol–water partition coefficient (Wildman–Crippen LogP) is 5.76. The zero-order valence-electron chi connectivity index (χ0n) is 18.2. The average molecular weight is 467 g/mol. The summed E-state index contributed by atoms with van der Waals surface area (Å²) in [6.07, 6.45) is 2.37. The van der Waals surface area contributed by atoms with E-state index in [1.807, 2.05) is 84.9 Å². The van der Waals surface area contributed by atoms with E-state index >= 15 is 0 Å². The molecule has 0 radical (unpaired) electrons. The molecular formula is C27H22N4O2S. The van der Waals surface area contributed by atoms with Crippen LogP contribution >= 0.6 is 12.2 Å². The Morgan fingerprint density at radius 3 is 2.35 bits per heavy atom. The van der Waals surface area contributed by atoms with Gasteiger partial charge in [-0.1, -0.05) is 42.5 Å². The minimum absolute atomic E-state index is 0.250. The highest BCUT2D eigenvalue weighted by atomic mass is 32.1. The number of rotatable bonds is 6. The minimum Gasteiger partial charge on any atom is -0.461 e. The van der Waals surface area contributed by atoms with Crippen LogP contribution in [0.2, 0.25) is 0 Å². The number of fused-ring (bicyclic) bond motifs is 2. The molecule has 5 aromatic rings. The van der Waals surface area contributed by atoms with Crippen LogP contribution in [0.15, 0.2) is 95.5 Å². The second-order valence-electron chi connectivity index (χ2n) is 7.79. The number of anilines is 2. The number of hydrogen-bond acceptors (Lipinski definition) is 4. The van der Waals surface area contributed by atoms with Gasteiger partial charge in [-0.15, -0.1) is 0 Å². The van der Waals surface area contributed by atoms with E-state index in [1.54, 1.807) is 6.20 Å². The highest BCUT2D eigenvalue weighted by Crippen LogP contribution is 2.20. The van der Waals surface area contributed by atoms with Gasteiger partial charge in [0.15, 0.2) is 5.11 Å². The number of thiocarbonyl (C=S) groups is 1. The van der Waals surface area contributed by atoms with Gasteiger partial charge < -0.3 is 20.4 Å². The molecule has 0 spiro atoms. The summed E-state index contributed by atoms with van der Waals surface area (Å²) in [6.45, 7) is 0.651. The van der Waals surface area contributed by atoms with Crippen molar-refractivity contribution < 1.29 is 9.21 Å². The zero-order valence-corrected chi connectivity index (χ0v) is 19.1. The average Bonchev–Trinajstić information content (AvgIpc) is 3.27. The van der Waals surface area contributed by atoms with E-state index in [0.29, 0.717) is 23.0 Å². The normalized spacial score (nSPS) is 10.8. The highest BCUT2D eigenvalue weighted by molar-refractivity contribution is 7.80. The fourth-order valence-corrected chi connectivity index (χ4v) is 3.98. The fraction of sp³-hybridized carbons (Fsp3) is 0.0741.